The number of hydrogen-bond donors (Lipinski definition) is 4. The lowest BCUT2D eigenvalue weighted by atomic mass is 10.1. The number of aliphatic carboxylic acids is 1. The van der Waals surface area contributed by atoms with Crippen LogP contribution in [0.5, 0.6) is 5.75 Å². The van der Waals surface area contributed by atoms with Crippen molar-refractivity contribution in [1.29, 1.82) is 0 Å². The Labute approximate surface area is 110 Å². The van der Waals surface area contributed by atoms with Gasteiger partial charge >= 0.3 is 5.97 Å². The molecule has 0 saturated carbocycles. The van der Waals surface area contributed by atoms with E-state index in [9.17, 15) is 9.59 Å². The molecule has 0 fully saturated rings. The number of rotatable bonds is 6. The number of nitrogen functional groups attached to an aromatic ring is 1. The van der Waals surface area contributed by atoms with Gasteiger partial charge in [-0.2, -0.15) is 0 Å². The largest absolute Gasteiger partial charge is 0.497 e. The minimum absolute atomic E-state index is 0.0784. The Morgan fingerprint density at radius 3 is 2.68 bits per heavy atom. The average molecular weight is 268 g/mol. The molecule has 0 spiro atoms. The van der Waals surface area contributed by atoms with E-state index in [4.69, 9.17) is 20.7 Å². The Bertz CT molecular complexity index is 475. The van der Waals surface area contributed by atoms with Crippen molar-refractivity contribution in [3.63, 3.8) is 0 Å². The first kappa shape index (κ1) is 14.8. The highest BCUT2D eigenvalue weighted by Crippen LogP contribution is 2.19. The number of carboxylic acid groups (broad SMARTS) is 1. The van der Waals surface area contributed by atoms with E-state index in [-0.39, 0.29) is 24.3 Å². The average Bonchev–Trinajstić information content (AvgIpc) is 2.38. The van der Waals surface area contributed by atoms with Crippen molar-refractivity contribution in [3.05, 3.63) is 23.8 Å². The van der Waals surface area contributed by atoms with E-state index in [1.165, 1.54) is 19.2 Å². The quantitative estimate of drug-likeness (QED) is 0.532. The lowest BCUT2D eigenvalue weighted by Crippen LogP contribution is -2.41. The molecule has 1 rings (SSSR count). The van der Waals surface area contributed by atoms with Crippen molar-refractivity contribution in [2.45, 2.75) is 12.5 Å². The summed E-state index contributed by atoms with van der Waals surface area (Å²) >= 11 is 0. The van der Waals surface area contributed by atoms with Crippen LogP contribution in [0.3, 0.4) is 0 Å². The van der Waals surface area contributed by atoms with Crippen LogP contribution in [0.4, 0.5) is 5.69 Å². The topological polar surface area (TPSA) is 122 Å². The Morgan fingerprint density at radius 2 is 2.16 bits per heavy atom. The van der Waals surface area contributed by atoms with Crippen LogP contribution in [0.2, 0.25) is 0 Å². The standard InChI is InChI=1S/C12H16N2O5/c1-19-7-2-3-9(13)8(6-7)11(16)14-10(4-5-15)12(17)18/h2-3,6,10,15H,4-5,13H2,1H3,(H,14,16)(H,17,18). The molecule has 104 valence electrons. The number of benzene rings is 1. The zero-order valence-corrected chi connectivity index (χ0v) is 10.4. The number of methoxy groups -OCH3 is 1. The van der Waals surface area contributed by atoms with Crippen LogP contribution < -0.4 is 15.8 Å². The number of carboxylic acids is 1. The van der Waals surface area contributed by atoms with E-state index in [2.05, 4.69) is 5.32 Å². The number of anilines is 1. The summed E-state index contributed by atoms with van der Waals surface area (Å²) in [6, 6.07) is 3.34. The van der Waals surface area contributed by atoms with Crippen LogP contribution >= 0.6 is 0 Å². The van der Waals surface area contributed by atoms with Gasteiger partial charge in [-0.3, -0.25) is 4.79 Å². The molecule has 1 aromatic rings. The summed E-state index contributed by atoms with van der Waals surface area (Å²) in [7, 11) is 1.44. The second-order valence-electron chi connectivity index (χ2n) is 3.83. The van der Waals surface area contributed by atoms with Gasteiger partial charge in [0.2, 0.25) is 0 Å². The van der Waals surface area contributed by atoms with Gasteiger partial charge < -0.3 is 26.0 Å². The normalized spacial score (nSPS) is 11.7. The fourth-order valence-corrected chi connectivity index (χ4v) is 1.48. The van der Waals surface area contributed by atoms with E-state index in [0.29, 0.717) is 5.75 Å². The van der Waals surface area contributed by atoms with Gasteiger partial charge in [0.25, 0.3) is 5.91 Å². The Kier molecular flexibility index (Phi) is 5.13. The maximum Gasteiger partial charge on any atom is 0.326 e. The molecule has 1 amide bonds. The van der Waals surface area contributed by atoms with Crippen molar-refractivity contribution in [2.24, 2.45) is 0 Å². The summed E-state index contributed by atoms with van der Waals surface area (Å²) in [6.07, 6.45) is -0.0784. The molecule has 19 heavy (non-hydrogen) atoms. The fourth-order valence-electron chi connectivity index (χ4n) is 1.48. The highest BCUT2D eigenvalue weighted by molar-refractivity contribution is 6.01. The first-order chi connectivity index (χ1) is 8.99. The molecule has 0 saturated heterocycles. The predicted molar refractivity (Wildman–Crippen MR) is 68.0 cm³/mol. The van der Waals surface area contributed by atoms with E-state index < -0.39 is 17.9 Å². The number of nitrogens with two attached hydrogens (primary N) is 1. The third-order valence-electron chi connectivity index (χ3n) is 2.53. The Balaban J connectivity index is 2.90. The lowest BCUT2D eigenvalue weighted by Gasteiger charge is -2.14. The maximum absolute atomic E-state index is 11.9. The number of aliphatic hydroxyl groups excluding tert-OH is 1. The van der Waals surface area contributed by atoms with Crippen molar-refractivity contribution in [1.82, 2.24) is 5.32 Å². The van der Waals surface area contributed by atoms with Gasteiger partial charge in [-0.05, 0) is 18.2 Å². The van der Waals surface area contributed by atoms with E-state index >= 15 is 0 Å². The van der Waals surface area contributed by atoms with Gasteiger partial charge in [0, 0.05) is 18.7 Å². The van der Waals surface area contributed by atoms with Crippen LogP contribution in [-0.4, -0.2) is 41.8 Å². The summed E-state index contributed by atoms with van der Waals surface area (Å²) in [5, 5.41) is 19.9. The lowest BCUT2D eigenvalue weighted by molar-refractivity contribution is -0.139. The minimum Gasteiger partial charge on any atom is -0.497 e. The van der Waals surface area contributed by atoms with Gasteiger partial charge in [-0.1, -0.05) is 0 Å². The van der Waals surface area contributed by atoms with E-state index in [1.54, 1.807) is 6.07 Å². The monoisotopic (exact) mass is 268 g/mol. The zero-order chi connectivity index (χ0) is 14.4. The van der Waals surface area contributed by atoms with Gasteiger partial charge in [-0.25, -0.2) is 4.79 Å². The van der Waals surface area contributed by atoms with E-state index in [1.807, 2.05) is 0 Å². The summed E-state index contributed by atoms with van der Waals surface area (Å²) in [6.45, 7) is -0.342. The number of ether oxygens (including phenoxy) is 1. The second-order valence-corrected chi connectivity index (χ2v) is 3.83. The molecule has 5 N–H and O–H groups in total. The highest BCUT2D eigenvalue weighted by atomic mass is 16.5. The molecule has 1 aromatic carbocycles. The molecule has 0 aliphatic heterocycles. The first-order valence-electron chi connectivity index (χ1n) is 5.57. The highest BCUT2D eigenvalue weighted by Gasteiger charge is 2.21. The van der Waals surface area contributed by atoms with Crippen LogP contribution in [0.1, 0.15) is 16.8 Å². The van der Waals surface area contributed by atoms with Crippen LogP contribution in [0.15, 0.2) is 18.2 Å². The molecule has 0 aliphatic carbocycles. The van der Waals surface area contributed by atoms with Gasteiger partial charge in [-0.15, -0.1) is 0 Å². The summed E-state index contributed by atoms with van der Waals surface area (Å²) in [4.78, 5) is 22.8. The molecule has 0 aliphatic rings. The Morgan fingerprint density at radius 1 is 1.47 bits per heavy atom. The number of nitrogens with one attached hydrogen (secondary N) is 1. The van der Waals surface area contributed by atoms with Crippen LogP contribution in [0, 0.1) is 0 Å². The molecule has 0 heterocycles. The number of hydrogen-bond acceptors (Lipinski definition) is 5. The van der Waals surface area contributed by atoms with Crippen molar-refractivity contribution in [3.8, 4) is 5.75 Å². The van der Waals surface area contributed by atoms with Gasteiger partial charge in [0.05, 0.1) is 12.7 Å². The zero-order valence-electron chi connectivity index (χ0n) is 10.4. The first-order valence-corrected chi connectivity index (χ1v) is 5.57. The molecule has 7 heteroatoms. The third kappa shape index (κ3) is 3.85. The van der Waals surface area contributed by atoms with Crippen molar-refractivity contribution >= 4 is 17.6 Å². The molecular formula is C12H16N2O5. The fraction of sp³-hybridized carbons (Fsp3) is 0.333. The van der Waals surface area contributed by atoms with E-state index in [0.717, 1.165) is 0 Å². The summed E-state index contributed by atoms with van der Waals surface area (Å²) in [5.41, 5.74) is 6.00. The van der Waals surface area contributed by atoms with Crippen LogP contribution in [-0.2, 0) is 4.79 Å². The SMILES string of the molecule is COc1ccc(N)c(C(=O)NC(CCO)C(=O)O)c1. The molecule has 1 unspecified atom stereocenters. The third-order valence-corrected chi connectivity index (χ3v) is 2.53. The molecule has 0 bridgehead atoms. The molecule has 0 aromatic heterocycles. The number of amides is 1. The molecular weight excluding hydrogens is 252 g/mol. The van der Waals surface area contributed by atoms with Gasteiger partial charge in [0.1, 0.15) is 11.8 Å². The number of carbonyl (C=O) groups is 2. The number of aliphatic hydroxyl groups is 1. The smallest absolute Gasteiger partial charge is 0.326 e. The van der Waals surface area contributed by atoms with Gasteiger partial charge in [0.15, 0.2) is 0 Å². The van der Waals surface area contributed by atoms with Crippen molar-refractivity contribution < 1.29 is 24.5 Å². The minimum atomic E-state index is -1.22. The molecule has 7 nitrogen and oxygen atoms in total. The molecule has 1 atom stereocenters. The predicted octanol–water partition coefficient (Wildman–Crippen LogP) is -0.157. The molecule has 0 radical (unpaired) electrons. The second kappa shape index (κ2) is 6.60. The summed E-state index contributed by atoms with van der Waals surface area (Å²) in [5.74, 6) is -1.41. The number of carbonyl (C=O) groups excluding carboxylic acids is 1. The Hall–Kier alpha value is -2.28. The van der Waals surface area contributed by atoms with Crippen molar-refractivity contribution in [2.75, 3.05) is 19.5 Å². The van der Waals surface area contributed by atoms with Crippen LogP contribution in [0.25, 0.3) is 0 Å². The maximum atomic E-state index is 11.9. The summed E-state index contributed by atoms with van der Waals surface area (Å²) < 4.78 is 4.97.